The summed E-state index contributed by atoms with van der Waals surface area (Å²) in [5, 5.41) is 47.9. The van der Waals surface area contributed by atoms with Crippen molar-refractivity contribution >= 4 is 57.2 Å². The Bertz CT molecular complexity index is 2480. The number of rotatable bonds is 10. The van der Waals surface area contributed by atoms with Crippen LogP contribution in [0.25, 0.3) is 44.6 Å². The Hall–Kier alpha value is -7.28. The summed E-state index contributed by atoms with van der Waals surface area (Å²) in [7, 11) is 3.07. The molecule has 0 bridgehead atoms. The van der Waals surface area contributed by atoms with Gasteiger partial charge in [-0.15, -0.1) is 0 Å². The van der Waals surface area contributed by atoms with Gasteiger partial charge in [0.2, 0.25) is 0 Å². The van der Waals surface area contributed by atoms with E-state index in [1.54, 1.807) is 36.4 Å². The lowest BCUT2D eigenvalue weighted by Gasteiger charge is -2.27. The summed E-state index contributed by atoms with van der Waals surface area (Å²) < 4.78 is 47.7. The molecule has 3 heterocycles. The highest BCUT2D eigenvalue weighted by Crippen LogP contribution is 2.40. The quantitative estimate of drug-likeness (QED) is 0.153. The minimum Gasteiger partial charge on any atom is -0.545 e. The van der Waals surface area contributed by atoms with E-state index in [-0.39, 0.29) is 69.5 Å². The largest absolute Gasteiger partial charge is 0.545 e. The molecule has 0 aliphatic carbocycles. The van der Waals surface area contributed by atoms with E-state index in [2.05, 4.69) is 0 Å². The van der Waals surface area contributed by atoms with Gasteiger partial charge in [-0.3, -0.25) is 0 Å². The number of benzene rings is 4. The van der Waals surface area contributed by atoms with Crippen LogP contribution in [0.5, 0.6) is 11.5 Å². The van der Waals surface area contributed by atoms with E-state index in [0.717, 1.165) is 12.1 Å². The molecule has 68 heavy (non-hydrogen) atoms. The topological polar surface area (TPSA) is 395 Å². The van der Waals surface area contributed by atoms with Crippen molar-refractivity contribution in [1.29, 1.82) is 0 Å². The fourth-order valence-corrected chi connectivity index (χ4v) is 7.36. The predicted octanol–water partition coefficient (Wildman–Crippen LogP) is 2.88. The highest BCUT2D eigenvalue weighted by molar-refractivity contribution is 6.00. The van der Waals surface area contributed by atoms with Gasteiger partial charge in [0.25, 0.3) is 0 Å². The van der Waals surface area contributed by atoms with E-state index < -0.39 is 23.9 Å². The van der Waals surface area contributed by atoms with Crippen molar-refractivity contribution in [3.8, 4) is 34.1 Å². The van der Waals surface area contributed by atoms with Gasteiger partial charge in [-0.05, 0) is 59.7 Å². The minimum absolute atomic E-state index is 0. The summed E-state index contributed by atoms with van der Waals surface area (Å²) in [6, 6.07) is 17.5. The summed E-state index contributed by atoms with van der Waals surface area (Å²) >= 11 is 0. The Morgan fingerprint density at radius 1 is 0.456 bits per heavy atom. The van der Waals surface area contributed by atoms with Crippen molar-refractivity contribution in [1.82, 2.24) is 24.6 Å². The molecule has 1 aliphatic heterocycles. The van der Waals surface area contributed by atoms with Crippen molar-refractivity contribution in [2.75, 3.05) is 103 Å². The number of carboxylic acids is 4. The Morgan fingerprint density at radius 3 is 1.09 bits per heavy atom. The summed E-state index contributed by atoms with van der Waals surface area (Å²) in [6.07, 6.45) is 0. The first-order valence-electron chi connectivity index (χ1n) is 20.1. The van der Waals surface area contributed by atoms with Gasteiger partial charge in [0, 0.05) is 71.3 Å². The van der Waals surface area contributed by atoms with Gasteiger partial charge >= 0.3 is 0 Å². The third-order valence-corrected chi connectivity index (χ3v) is 10.6. The number of hydrogen-bond acceptors (Lipinski definition) is 18. The molecule has 0 radical (unpaired) electrons. The Labute approximate surface area is 390 Å². The first-order valence-corrected chi connectivity index (χ1v) is 20.1. The Morgan fingerprint density at radius 2 is 0.794 bits per heavy atom. The molecule has 368 valence electrons. The second-order valence-corrected chi connectivity index (χ2v) is 14.4. The maximum Gasteiger partial charge on any atom is 0.143 e. The molecule has 0 saturated carbocycles. The Balaban J connectivity index is 0.00000306. The molecule has 1 saturated heterocycles. The number of quaternary nitrogens is 4. The number of hydrogen-bond donors (Lipinski definition) is 4. The van der Waals surface area contributed by atoms with Gasteiger partial charge < -0.3 is 111 Å². The monoisotopic (exact) mass is 950 g/mol. The van der Waals surface area contributed by atoms with Gasteiger partial charge in [0.05, 0.1) is 102 Å². The molecule has 0 atom stereocenters. The number of methoxy groups -OCH3 is 2. The standard InChI is InChI=1S/C46H46N2O16.4H3N/c1-57-41-23-29-21-39(31-5-3-27(43(49)50)19-33(31)45(53)54)63-37(29)25-35(41)47-7-11-59-15-17-61-13-9-48(10-14-62-18-16-60-12-8-47)36-26-38-30(24-42(36)58-2)22-40(64-38)32-6-4-28(44(51)52)20-34(32)46(55)56;;;;/h3-6,19-26H,7-18H2,1-2H3,(H,49,50)(H,51,52)(H,53,54)(H,55,56);4*1H3. The molecular formula is C46H58N6O16. The smallest absolute Gasteiger partial charge is 0.143 e. The van der Waals surface area contributed by atoms with Crippen LogP contribution in [0, 0.1) is 0 Å². The van der Waals surface area contributed by atoms with Gasteiger partial charge in [-0.1, -0.05) is 12.1 Å². The number of fused-ring (bicyclic) bond motifs is 2. The number of carboxylic acid groups (broad SMARTS) is 4. The second kappa shape index (κ2) is 25.0. The number of ether oxygens (including phenoxy) is 6. The van der Waals surface area contributed by atoms with Crippen LogP contribution < -0.4 is 64.3 Å². The van der Waals surface area contributed by atoms with Crippen molar-refractivity contribution in [3.63, 3.8) is 0 Å². The van der Waals surface area contributed by atoms with Crippen LogP contribution in [0.3, 0.4) is 0 Å². The number of anilines is 2. The first kappa shape index (κ1) is 55.1. The highest BCUT2D eigenvalue weighted by atomic mass is 16.5. The number of nitrogens with zero attached hydrogens (tertiary/aromatic N) is 2. The molecule has 2 aromatic heterocycles. The number of furan rings is 2. The van der Waals surface area contributed by atoms with Gasteiger partial charge in [-0.25, -0.2) is 0 Å². The van der Waals surface area contributed by atoms with Crippen molar-refractivity contribution in [2.24, 2.45) is 0 Å². The maximum absolute atomic E-state index is 11.9. The average molecular weight is 951 g/mol. The van der Waals surface area contributed by atoms with Gasteiger partial charge in [-0.2, -0.15) is 0 Å². The average Bonchev–Trinajstić information content (AvgIpc) is 3.91. The second-order valence-electron chi connectivity index (χ2n) is 14.4. The van der Waals surface area contributed by atoms with Crippen LogP contribution in [0.2, 0.25) is 0 Å². The molecule has 7 rings (SSSR count). The van der Waals surface area contributed by atoms with Crippen LogP contribution in [-0.2, 0) is 18.9 Å². The molecular weight excluding hydrogens is 893 g/mol. The van der Waals surface area contributed by atoms with Crippen LogP contribution >= 0.6 is 0 Å². The summed E-state index contributed by atoms with van der Waals surface area (Å²) in [4.78, 5) is 50.7. The van der Waals surface area contributed by atoms with Crippen LogP contribution in [0.1, 0.15) is 41.4 Å². The molecule has 1 fully saturated rings. The lowest BCUT2D eigenvalue weighted by atomic mass is 10.0. The fraction of sp³-hybridized carbons (Fsp3) is 0.304. The van der Waals surface area contributed by atoms with Crippen LogP contribution in [-0.4, -0.2) is 117 Å². The first-order chi connectivity index (χ1) is 30.9. The van der Waals surface area contributed by atoms with E-state index >= 15 is 0 Å². The van der Waals surface area contributed by atoms with Crippen molar-refractivity contribution < 1.29 is 76.9 Å². The molecule has 6 aromatic rings. The van der Waals surface area contributed by atoms with Gasteiger partial charge in [0.15, 0.2) is 0 Å². The van der Waals surface area contributed by atoms with E-state index in [1.165, 1.54) is 38.5 Å². The summed E-state index contributed by atoms with van der Waals surface area (Å²) in [5.41, 5.74) is 1.16. The van der Waals surface area contributed by atoms with Crippen LogP contribution in [0.15, 0.2) is 81.6 Å². The molecule has 0 unspecified atom stereocenters. The number of carbonyl (C=O) groups is 4. The van der Waals surface area contributed by atoms with Crippen LogP contribution in [0.4, 0.5) is 11.4 Å². The van der Waals surface area contributed by atoms with Crippen molar-refractivity contribution in [3.05, 3.63) is 95.1 Å². The van der Waals surface area contributed by atoms with E-state index in [4.69, 9.17) is 37.3 Å². The third kappa shape index (κ3) is 12.6. The van der Waals surface area contributed by atoms with E-state index in [9.17, 15) is 39.6 Å². The zero-order valence-electron chi connectivity index (χ0n) is 38.8. The van der Waals surface area contributed by atoms with E-state index in [0.29, 0.717) is 124 Å². The third-order valence-electron chi connectivity index (χ3n) is 10.6. The normalized spacial score (nSPS) is 14.2. The Kier molecular flexibility index (Phi) is 20.3. The molecule has 16 N–H and O–H groups in total. The lowest BCUT2D eigenvalue weighted by Crippen LogP contribution is -2.33. The molecule has 0 spiro atoms. The zero-order valence-corrected chi connectivity index (χ0v) is 38.8. The summed E-state index contributed by atoms with van der Waals surface area (Å²) in [6.45, 7) is 4.17. The fourth-order valence-electron chi connectivity index (χ4n) is 7.36. The SMILES string of the molecule is COc1cc2cc(-c3ccc(C(=O)[O-])cc3C(=O)[O-])oc2cc1N1CCOCCOCCN(c2cc3oc(-c4ccc(C(=O)[O-])cc4C(=O)[O-])cc3cc2OC)CCOCCOCC1.[NH4+].[NH4+].[NH4+].[NH4+]. The molecule has 0 amide bonds. The van der Waals surface area contributed by atoms with E-state index in [1.807, 2.05) is 9.80 Å². The zero-order chi connectivity index (χ0) is 45.3. The highest BCUT2D eigenvalue weighted by Gasteiger charge is 2.21. The molecule has 1 aliphatic rings. The minimum atomic E-state index is -1.57. The van der Waals surface area contributed by atoms with Crippen molar-refractivity contribution in [2.45, 2.75) is 0 Å². The van der Waals surface area contributed by atoms with Gasteiger partial charge in [0.1, 0.15) is 34.2 Å². The maximum atomic E-state index is 11.9. The predicted molar refractivity (Wildman–Crippen MR) is 245 cm³/mol. The summed E-state index contributed by atoms with van der Waals surface area (Å²) in [5.74, 6) is -4.76. The molecule has 22 nitrogen and oxygen atoms in total. The lowest BCUT2D eigenvalue weighted by molar-refractivity contribution is -0.257. The number of carbonyl (C=O) groups excluding carboxylic acids is 4. The molecule has 22 heteroatoms. The number of aromatic carboxylic acids is 4. The molecule has 4 aromatic carbocycles.